The van der Waals surface area contributed by atoms with Crippen LogP contribution in [0.25, 0.3) is 0 Å². The van der Waals surface area contributed by atoms with Crippen LogP contribution in [-0.2, 0) is 4.79 Å². The van der Waals surface area contributed by atoms with Crippen molar-refractivity contribution < 1.29 is 9.90 Å². The third-order valence-corrected chi connectivity index (χ3v) is 6.56. The molecule has 2 aliphatic rings. The van der Waals surface area contributed by atoms with Crippen molar-refractivity contribution in [3.05, 3.63) is 34.9 Å². The number of likely N-dealkylation sites (tertiary alicyclic amines) is 1. The van der Waals surface area contributed by atoms with Gasteiger partial charge in [0.05, 0.1) is 12.1 Å². The Kier molecular flexibility index (Phi) is 7.15. The summed E-state index contributed by atoms with van der Waals surface area (Å²) in [7, 11) is 0. The van der Waals surface area contributed by atoms with E-state index in [1.54, 1.807) is 0 Å². The fourth-order valence-corrected chi connectivity index (χ4v) is 4.84. The van der Waals surface area contributed by atoms with Crippen LogP contribution in [-0.4, -0.2) is 47.7 Å². The summed E-state index contributed by atoms with van der Waals surface area (Å²) in [5.41, 5.74) is 6.81. The summed E-state index contributed by atoms with van der Waals surface area (Å²) in [6.45, 7) is 3.90. The van der Waals surface area contributed by atoms with Crippen LogP contribution in [0, 0.1) is 11.8 Å². The molecule has 1 aromatic rings. The Bertz CT molecular complexity index is 624. The quantitative estimate of drug-likeness (QED) is 0.665. The number of carbonyl (C=O) groups is 1. The van der Waals surface area contributed by atoms with Crippen molar-refractivity contribution in [2.75, 3.05) is 19.6 Å². The van der Waals surface area contributed by atoms with Crippen molar-refractivity contribution in [3.8, 4) is 0 Å². The highest BCUT2D eigenvalue weighted by Crippen LogP contribution is 2.38. The number of benzene rings is 1. The standard InChI is InChI=1S/C21H32ClN3O2/c1-14(15-6-8-18(22)9-7-15)24-11-19(26)13-25-12-17-5-3-2-4-16(17)10-20(25)21(23)27/h6-9,14,16-17,19-20,24,26H,2-5,10-13H2,1H3,(H2,23,27)/t14-,16-,17+,19-,20-/m0/s1. The largest absolute Gasteiger partial charge is 0.390 e. The van der Waals surface area contributed by atoms with Crippen molar-refractivity contribution >= 4 is 17.5 Å². The van der Waals surface area contributed by atoms with Gasteiger partial charge in [-0.2, -0.15) is 0 Å². The number of hydrogen-bond acceptors (Lipinski definition) is 4. The second-order valence-electron chi connectivity index (χ2n) is 8.25. The van der Waals surface area contributed by atoms with Crippen LogP contribution in [0.1, 0.15) is 50.6 Å². The van der Waals surface area contributed by atoms with E-state index in [0.29, 0.717) is 24.9 Å². The van der Waals surface area contributed by atoms with Gasteiger partial charge < -0.3 is 16.2 Å². The van der Waals surface area contributed by atoms with Gasteiger partial charge in [0.25, 0.3) is 0 Å². The number of piperidine rings is 1. The lowest BCUT2D eigenvalue weighted by molar-refractivity contribution is -0.127. The fourth-order valence-electron chi connectivity index (χ4n) is 4.71. The molecule has 4 N–H and O–H groups in total. The lowest BCUT2D eigenvalue weighted by Crippen LogP contribution is -2.56. The van der Waals surface area contributed by atoms with E-state index in [9.17, 15) is 9.90 Å². The number of aliphatic hydroxyl groups is 1. The minimum Gasteiger partial charge on any atom is -0.390 e. The molecule has 3 rings (SSSR count). The molecule has 6 heteroatoms. The molecule has 1 saturated heterocycles. The lowest BCUT2D eigenvalue weighted by Gasteiger charge is -2.45. The Morgan fingerprint density at radius 3 is 2.63 bits per heavy atom. The number of aliphatic hydroxyl groups excluding tert-OH is 1. The summed E-state index contributed by atoms with van der Waals surface area (Å²) in [5.74, 6) is 1.00. The number of hydrogen-bond donors (Lipinski definition) is 3. The molecule has 150 valence electrons. The van der Waals surface area contributed by atoms with Crippen LogP contribution in [0.4, 0.5) is 0 Å². The van der Waals surface area contributed by atoms with Gasteiger partial charge in [-0.3, -0.25) is 9.69 Å². The van der Waals surface area contributed by atoms with E-state index in [1.807, 2.05) is 24.3 Å². The second kappa shape index (κ2) is 9.37. The summed E-state index contributed by atoms with van der Waals surface area (Å²) in [4.78, 5) is 14.1. The Balaban J connectivity index is 1.52. The molecule has 1 aromatic carbocycles. The summed E-state index contributed by atoms with van der Waals surface area (Å²) in [5, 5.41) is 14.6. The van der Waals surface area contributed by atoms with Crippen molar-refractivity contribution in [3.63, 3.8) is 0 Å². The predicted molar refractivity (Wildman–Crippen MR) is 108 cm³/mol. The van der Waals surface area contributed by atoms with Gasteiger partial charge >= 0.3 is 0 Å². The van der Waals surface area contributed by atoms with Crippen LogP contribution < -0.4 is 11.1 Å². The van der Waals surface area contributed by atoms with Crippen LogP contribution in [0.15, 0.2) is 24.3 Å². The first-order valence-electron chi connectivity index (χ1n) is 10.1. The van der Waals surface area contributed by atoms with Crippen molar-refractivity contribution in [2.45, 2.75) is 57.2 Å². The third kappa shape index (κ3) is 5.44. The van der Waals surface area contributed by atoms with Gasteiger partial charge in [0, 0.05) is 30.7 Å². The number of nitrogens with two attached hydrogens (primary N) is 1. The molecule has 5 atom stereocenters. The highest BCUT2D eigenvalue weighted by atomic mass is 35.5. The van der Waals surface area contributed by atoms with Crippen LogP contribution >= 0.6 is 11.6 Å². The maximum atomic E-state index is 12.0. The number of rotatable bonds is 7. The zero-order valence-corrected chi connectivity index (χ0v) is 16.9. The van der Waals surface area contributed by atoms with E-state index in [2.05, 4.69) is 17.1 Å². The number of fused-ring (bicyclic) bond motifs is 1. The van der Waals surface area contributed by atoms with E-state index in [-0.39, 0.29) is 18.0 Å². The molecule has 5 nitrogen and oxygen atoms in total. The molecule has 0 radical (unpaired) electrons. The number of halogens is 1. The van der Waals surface area contributed by atoms with Crippen molar-refractivity contribution in [2.24, 2.45) is 17.6 Å². The topological polar surface area (TPSA) is 78.6 Å². The highest BCUT2D eigenvalue weighted by Gasteiger charge is 2.39. The molecule has 27 heavy (non-hydrogen) atoms. The van der Waals surface area contributed by atoms with Gasteiger partial charge in [-0.1, -0.05) is 43.0 Å². The van der Waals surface area contributed by atoms with Crippen LogP contribution in [0.2, 0.25) is 5.02 Å². The minimum atomic E-state index is -0.540. The van der Waals surface area contributed by atoms with E-state index in [1.165, 1.54) is 25.7 Å². The number of carbonyl (C=O) groups excluding carboxylic acids is 1. The zero-order valence-electron chi connectivity index (χ0n) is 16.1. The van der Waals surface area contributed by atoms with Gasteiger partial charge in [0.2, 0.25) is 5.91 Å². The highest BCUT2D eigenvalue weighted by molar-refractivity contribution is 6.30. The average molecular weight is 394 g/mol. The molecule has 1 aliphatic carbocycles. The fraction of sp³-hybridized carbons (Fsp3) is 0.667. The maximum Gasteiger partial charge on any atom is 0.234 e. The molecule has 0 spiro atoms. The number of primary amides is 1. The smallest absolute Gasteiger partial charge is 0.234 e. The van der Waals surface area contributed by atoms with Crippen molar-refractivity contribution in [1.82, 2.24) is 10.2 Å². The molecule has 0 bridgehead atoms. The molecule has 1 amide bonds. The number of amides is 1. The maximum absolute atomic E-state index is 12.0. The molecule has 0 unspecified atom stereocenters. The van der Waals surface area contributed by atoms with Crippen LogP contribution in [0.5, 0.6) is 0 Å². The van der Waals surface area contributed by atoms with E-state index in [0.717, 1.165) is 23.6 Å². The first-order chi connectivity index (χ1) is 12.9. The summed E-state index contributed by atoms with van der Waals surface area (Å²) in [6.07, 6.45) is 5.29. The third-order valence-electron chi connectivity index (χ3n) is 6.31. The van der Waals surface area contributed by atoms with Crippen molar-refractivity contribution in [1.29, 1.82) is 0 Å². The molecule has 1 saturated carbocycles. The van der Waals surface area contributed by atoms with Gasteiger partial charge in [-0.25, -0.2) is 0 Å². The number of nitrogens with one attached hydrogen (secondary N) is 1. The van der Waals surface area contributed by atoms with Gasteiger partial charge in [0.15, 0.2) is 0 Å². The lowest BCUT2D eigenvalue weighted by atomic mass is 9.72. The Morgan fingerprint density at radius 2 is 1.96 bits per heavy atom. The molecular formula is C21H32ClN3O2. The monoisotopic (exact) mass is 393 g/mol. The first-order valence-corrected chi connectivity index (χ1v) is 10.5. The van der Waals surface area contributed by atoms with Crippen LogP contribution in [0.3, 0.4) is 0 Å². The predicted octanol–water partition coefficient (Wildman–Crippen LogP) is 2.72. The first kappa shape index (κ1) is 20.6. The van der Waals surface area contributed by atoms with Gasteiger partial charge in [0.1, 0.15) is 0 Å². The van der Waals surface area contributed by atoms with E-state index >= 15 is 0 Å². The summed E-state index contributed by atoms with van der Waals surface area (Å²) < 4.78 is 0. The minimum absolute atomic E-state index is 0.118. The Morgan fingerprint density at radius 1 is 1.30 bits per heavy atom. The number of nitrogens with zero attached hydrogens (tertiary/aromatic N) is 1. The molecule has 1 aliphatic heterocycles. The Hall–Kier alpha value is -1.14. The molecule has 0 aromatic heterocycles. The number of β-amino-alcohol motifs (C(OH)–C–C–N with tert-alkyl or cyclic N) is 1. The van der Waals surface area contributed by atoms with E-state index < -0.39 is 6.10 Å². The summed E-state index contributed by atoms with van der Waals surface area (Å²) in [6, 6.07) is 7.60. The second-order valence-corrected chi connectivity index (χ2v) is 8.68. The average Bonchev–Trinajstić information content (AvgIpc) is 2.66. The normalized spacial score (nSPS) is 28.3. The molecule has 1 heterocycles. The summed E-state index contributed by atoms with van der Waals surface area (Å²) >= 11 is 5.94. The van der Waals surface area contributed by atoms with Gasteiger partial charge in [-0.15, -0.1) is 0 Å². The SMILES string of the molecule is C[C@H](NC[C@H](O)CN1C[C@H]2CCCC[C@H]2C[C@H]1C(N)=O)c1ccc(Cl)cc1. The Labute approximate surface area is 167 Å². The molecular weight excluding hydrogens is 362 g/mol. The van der Waals surface area contributed by atoms with Gasteiger partial charge in [-0.05, 0) is 49.3 Å². The van der Waals surface area contributed by atoms with E-state index in [4.69, 9.17) is 17.3 Å². The molecule has 2 fully saturated rings. The zero-order chi connectivity index (χ0) is 19.4.